The van der Waals surface area contributed by atoms with Crippen molar-refractivity contribution in [3.63, 3.8) is 0 Å². The van der Waals surface area contributed by atoms with Gasteiger partial charge in [-0.2, -0.15) is 0 Å². The van der Waals surface area contributed by atoms with Crippen LogP contribution >= 0.6 is 0 Å². The second-order valence-corrected chi connectivity index (χ2v) is 12.3. The van der Waals surface area contributed by atoms with Gasteiger partial charge in [0.15, 0.2) is 0 Å². The van der Waals surface area contributed by atoms with Crippen molar-refractivity contribution in [2.75, 3.05) is 20.7 Å². The highest BCUT2D eigenvalue weighted by Crippen LogP contribution is 2.21. The van der Waals surface area contributed by atoms with Crippen LogP contribution in [0, 0.1) is 17.8 Å². The van der Waals surface area contributed by atoms with Gasteiger partial charge in [0.05, 0.1) is 19.2 Å². The number of amides is 3. The molecule has 0 aromatic heterocycles. The minimum absolute atomic E-state index is 0.00654. The van der Waals surface area contributed by atoms with E-state index in [1.165, 1.54) is 7.11 Å². The topological polar surface area (TPSA) is 108 Å². The molecule has 0 aromatic carbocycles. The Kier molecular flexibility index (Phi) is 14.2. The Morgan fingerprint density at radius 1 is 0.974 bits per heavy atom. The zero-order chi connectivity index (χ0) is 30.0. The molecule has 0 aliphatic carbocycles. The first-order valence-electron chi connectivity index (χ1n) is 14.5. The third kappa shape index (κ3) is 10.2. The maximum Gasteiger partial charge on any atom is 0.328 e. The number of ether oxygens (including phenoxy) is 1. The number of piperidine rings is 1. The number of esters is 1. The lowest BCUT2D eigenvalue weighted by Crippen LogP contribution is -2.58. The number of nitrogens with one attached hydrogen (secondary N) is 2. The summed E-state index contributed by atoms with van der Waals surface area (Å²) < 4.78 is 4.86. The number of likely N-dealkylation sites (tertiary alicyclic amines) is 1. The number of methoxy groups -OCH3 is 1. The van der Waals surface area contributed by atoms with Gasteiger partial charge in [-0.05, 0) is 64.3 Å². The minimum atomic E-state index is -0.742. The summed E-state index contributed by atoms with van der Waals surface area (Å²) in [4.78, 5) is 56.1. The van der Waals surface area contributed by atoms with Gasteiger partial charge in [0.25, 0.3) is 0 Å². The molecule has 39 heavy (non-hydrogen) atoms. The zero-order valence-electron chi connectivity index (χ0n) is 26.2. The van der Waals surface area contributed by atoms with Crippen molar-refractivity contribution in [2.24, 2.45) is 17.8 Å². The Morgan fingerprint density at radius 3 is 2.08 bits per heavy atom. The van der Waals surface area contributed by atoms with Crippen molar-refractivity contribution < 1.29 is 23.9 Å². The lowest BCUT2D eigenvalue weighted by molar-refractivity contribution is -0.145. The van der Waals surface area contributed by atoms with Gasteiger partial charge in [-0.25, -0.2) is 4.79 Å². The molecule has 3 amide bonds. The molecule has 9 nitrogen and oxygen atoms in total. The Labute approximate surface area is 236 Å². The summed E-state index contributed by atoms with van der Waals surface area (Å²) in [5.41, 5.74) is 0.408. The van der Waals surface area contributed by atoms with E-state index in [0.717, 1.165) is 25.8 Å². The Balaban J connectivity index is 3.11. The van der Waals surface area contributed by atoms with Gasteiger partial charge < -0.3 is 20.3 Å². The molecule has 0 spiro atoms. The van der Waals surface area contributed by atoms with E-state index >= 15 is 0 Å². The highest BCUT2D eigenvalue weighted by atomic mass is 16.5. The van der Waals surface area contributed by atoms with Gasteiger partial charge in [0, 0.05) is 18.7 Å². The smallest absolute Gasteiger partial charge is 0.328 e. The number of carbonyl (C=O) groups is 4. The summed E-state index contributed by atoms with van der Waals surface area (Å²) in [6.07, 6.45) is 5.08. The van der Waals surface area contributed by atoms with Crippen LogP contribution in [-0.4, -0.2) is 84.4 Å². The number of hydrogen-bond acceptors (Lipinski definition) is 6. The predicted molar refractivity (Wildman–Crippen MR) is 155 cm³/mol. The van der Waals surface area contributed by atoms with E-state index in [9.17, 15) is 19.2 Å². The Morgan fingerprint density at radius 2 is 1.59 bits per heavy atom. The first-order valence-corrected chi connectivity index (χ1v) is 14.5. The van der Waals surface area contributed by atoms with Crippen LogP contribution in [0.4, 0.5) is 0 Å². The fourth-order valence-electron chi connectivity index (χ4n) is 5.17. The quantitative estimate of drug-likeness (QED) is 0.268. The van der Waals surface area contributed by atoms with Crippen LogP contribution in [0.1, 0.15) is 88.0 Å². The lowest BCUT2D eigenvalue weighted by Gasteiger charge is -2.39. The van der Waals surface area contributed by atoms with E-state index in [0.29, 0.717) is 12.0 Å². The fraction of sp³-hybridized carbons (Fsp3) is 0.800. The molecular weight excluding hydrogens is 496 g/mol. The molecular formula is C30H54N4O5. The molecule has 9 heteroatoms. The third-order valence-corrected chi connectivity index (χ3v) is 7.50. The third-order valence-electron chi connectivity index (χ3n) is 7.50. The molecule has 1 aliphatic rings. The van der Waals surface area contributed by atoms with E-state index in [-0.39, 0.29) is 53.6 Å². The summed E-state index contributed by atoms with van der Waals surface area (Å²) in [5.74, 6) is -1.07. The molecule has 0 saturated carbocycles. The number of likely N-dealkylation sites (N-methyl/N-ethyl adjacent to an activating group) is 1. The van der Waals surface area contributed by atoms with Crippen molar-refractivity contribution >= 4 is 23.7 Å². The molecule has 0 radical (unpaired) electrons. The minimum Gasteiger partial charge on any atom is -0.467 e. The van der Waals surface area contributed by atoms with E-state index in [4.69, 9.17) is 4.74 Å². The predicted octanol–water partition coefficient (Wildman–Crippen LogP) is 3.52. The summed E-state index contributed by atoms with van der Waals surface area (Å²) >= 11 is 0. The van der Waals surface area contributed by atoms with Gasteiger partial charge >= 0.3 is 5.97 Å². The molecule has 1 aliphatic heterocycles. The van der Waals surface area contributed by atoms with Crippen LogP contribution in [0.15, 0.2) is 11.6 Å². The lowest BCUT2D eigenvalue weighted by atomic mass is 9.95. The highest BCUT2D eigenvalue weighted by Gasteiger charge is 2.36. The summed E-state index contributed by atoms with van der Waals surface area (Å²) in [7, 11) is 3.02. The molecule has 4 atom stereocenters. The molecule has 2 N–H and O–H groups in total. The number of nitrogens with zero attached hydrogens (tertiary/aromatic N) is 2. The maximum atomic E-state index is 13.7. The van der Waals surface area contributed by atoms with Crippen LogP contribution in [-0.2, 0) is 23.9 Å². The van der Waals surface area contributed by atoms with Crippen LogP contribution in [0.5, 0.6) is 0 Å². The molecule has 224 valence electrons. The standard InChI is InChI=1S/C30H54N4O5/c1-18(2)16-23(30(38)39-11)31-27(35)22(9)17-25(19(3)4)33(10)29(37)26(20(5)6)32-28(36)24-14-12-13-15-34(24)21(7)8/h17-21,23-26H,12-16H2,1-11H3,(H,31,35)(H,32,36)/b22-17+/t23-,24?,25+,26-/m0/s1. The van der Waals surface area contributed by atoms with Crippen LogP contribution < -0.4 is 10.6 Å². The van der Waals surface area contributed by atoms with Crippen molar-refractivity contribution in [1.29, 1.82) is 0 Å². The average molecular weight is 551 g/mol. The van der Waals surface area contributed by atoms with Crippen LogP contribution in [0.25, 0.3) is 0 Å². The molecule has 1 fully saturated rings. The van der Waals surface area contributed by atoms with Crippen molar-refractivity contribution in [3.8, 4) is 0 Å². The van der Waals surface area contributed by atoms with Gasteiger partial charge in [-0.15, -0.1) is 0 Å². The summed E-state index contributed by atoms with van der Waals surface area (Å²) in [6, 6.07) is -1.80. The summed E-state index contributed by atoms with van der Waals surface area (Å²) in [6.45, 7) is 18.5. The molecule has 0 bridgehead atoms. The number of hydrogen-bond donors (Lipinski definition) is 2. The van der Waals surface area contributed by atoms with Crippen molar-refractivity contribution in [3.05, 3.63) is 11.6 Å². The Bertz CT molecular complexity index is 867. The number of carbonyl (C=O) groups excluding carboxylic acids is 4. The fourth-order valence-corrected chi connectivity index (χ4v) is 5.17. The van der Waals surface area contributed by atoms with E-state index in [1.54, 1.807) is 24.9 Å². The SMILES string of the molecule is COC(=O)[C@H](CC(C)C)NC(=O)/C(C)=C/[C@H](C(C)C)N(C)C(=O)[C@@H](NC(=O)C1CCCCN1C(C)C)C(C)C. The first kappa shape index (κ1) is 34.6. The molecule has 1 unspecified atom stereocenters. The molecule has 1 heterocycles. The second kappa shape index (κ2) is 16.0. The van der Waals surface area contributed by atoms with Gasteiger partial charge in [-0.1, -0.05) is 54.0 Å². The highest BCUT2D eigenvalue weighted by molar-refractivity contribution is 5.96. The van der Waals surface area contributed by atoms with E-state index in [1.807, 2.05) is 41.5 Å². The first-order chi connectivity index (χ1) is 18.1. The van der Waals surface area contributed by atoms with Crippen molar-refractivity contribution in [1.82, 2.24) is 20.4 Å². The summed E-state index contributed by atoms with van der Waals surface area (Å²) in [5, 5.41) is 5.84. The molecule has 1 saturated heterocycles. The van der Waals surface area contributed by atoms with Gasteiger partial charge in [0.1, 0.15) is 12.1 Å². The average Bonchev–Trinajstić information content (AvgIpc) is 2.87. The van der Waals surface area contributed by atoms with E-state index < -0.39 is 18.1 Å². The molecule has 0 aromatic rings. The van der Waals surface area contributed by atoms with Gasteiger partial charge in [0.2, 0.25) is 17.7 Å². The monoisotopic (exact) mass is 550 g/mol. The zero-order valence-corrected chi connectivity index (χ0v) is 26.2. The Hall–Kier alpha value is -2.42. The maximum absolute atomic E-state index is 13.7. The van der Waals surface area contributed by atoms with E-state index in [2.05, 4.69) is 29.4 Å². The second-order valence-electron chi connectivity index (χ2n) is 12.3. The van der Waals surface area contributed by atoms with Crippen LogP contribution in [0.3, 0.4) is 0 Å². The number of rotatable bonds is 13. The van der Waals surface area contributed by atoms with Gasteiger partial charge in [-0.3, -0.25) is 19.3 Å². The molecule has 1 rings (SSSR count). The van der Waals surface area contributed by atoms with Crippen LogP contribution in [0.2, 0.25) is 0 Å². The van der Waals surface area contributed by atoms with Crippen molar-refractivity contribution in [2.45, 2.75) is 118 Å². The normalized spacial score (nSPS) is 19.2. The largest absolute Gasteiger partial charge is 0.467 e.